The second-order valence-corrected chi connectivity index (χ2v) is 26.6. The molecule has 0 radical (unpaired) electrons. The van der Waals surface area contributed by atoms with Crippen molar-refractivity contribution in [1.29, 1.82) is 0 Å². The number of hydrogen-bond donors (Lipinski definition) is 0. The quantitative estimate of drug-likeness (QED) is 0.0513. The van der Waals surface area contributed by atoms with Crippen molar-refractivity contribution in [1.82, 2.24) is 198 Å². The third kappa shape index (κ3) is 24.7. The normalized spacial score (nSPS) is 11.0. The Hall–Kier alpha value is -14.5. The maximum absolute atomic E-state index is 12.7. The van der Waals surface area contributed by atoms with Crippen molar-refractivity contribution >= 4 is 0 Å². The second-order valence-electron chi connectivity index (χ2n) is 26.6. The van der Waals surface area contributed by atoms with E-state index in [2.05, 4.69) is 237 Å². The van der Waals surface area contributed by atoms with Crippen LogP contribution in [0.15, 0.2) is 233 Å². The molecule has 18 aromatic heterocycles. The number of pyridine rings is 2. The van der Waals surface area contributed by atoms with E-state index in [1.807, 2.05) is 96.3 Å². The van der Waals surface area contributed by atoms with Gasteiger partial charge in [0.05, 0.1) is 11.4 Å². The van der Waals surface area contributed by atoms with Gasteiger partial charge in [-0.05, 0) is 91.3 Å². The molecule has 672 valence electrons. The Kier molecular flexibility index (Phi) is 33.2. The third-order valence-corrected chi connectivity index (χ3v) is 17.4. The summed E-state index contributed by atoms with van der Waals surface area (Å²) in [5, 5.41) is 45.4. The predicted molar refractivity (Wildman–Crippen MR) is 418 cm³/mol. The fourth-order valence-corrected chi connectivity index (χ4v) is 11.2. The average Bonchev–Trinajstić information content (AvgIpc) is 1.06. The molecule has 0 bridgehead atoms. The Bertz CT molecular complexity index is 6200. The Morgan fingerprint density at radius 3 is 0.955 bits per heavy atom. The van der Waals surface area contributed by atoms with Gasteiger partial charge in [0.15, 0.2) is 11.9 Å². The largest absolute Gasteiger partial charge is 2.00 e. The van der Waals surface area contributed by atoms with Crippen molar-refractivity contribution in [2.45, 2.75) is 57.3 Å². The Morgan fingerprint density at radius 1 is 0.318 bits per heavy atom. The van der Waals surface area contributed by atoms with Gasteiger partial charge in [0, 0.05) is 197 Å². The summed E-state index contributed by atoms with van der Waals surface area (Å²) < 4.78 is 99.0. The van der Waals surface area contributed by atoms with Gasteiger partial charge in [-0.1, -0.05) is 37.4 Å². The molecule has 20 rings (SSSR count). The first-order valence-electron chi connectivity index (χ1n) is 36.8. The summed E-state index contributed by atoms with van der Waals surface area (Å²) in [6.45, 7) is 8.40. The molecule has 0 spiro atoms. The van der Waals surface area contributed by atoms with Crippen molar-refractivity contribution in [3.05, 3.63) is 329 Å². The number of aromatic nitrogens is 40. The predicted octanol–water partition coefficient (Wildman–Crippen LogP) is 8.11. The molecule has 2 aromatic carbocycles. The third-order valence-electron chi connectivity index (χ3n) is 17.4. The van der Waals surface area contributed by atoms with E-state index in [-0.39, 0.29) is 169 Å². The van der Waals surface area contributed by atoms with Gasteiger partial charge in [-0.25, -0.2) is 50.5 Å². The van der Waals surface area contributed by atoms with E-state index < -0.39 is 29.2 Å². The molecule has 0 atom stereocenters. The molecule has 0 N–H and O–H groups in total. The monoisotopic (exact) mass is 2680 g/mol. The first-order chi connectivity index (χ1) is 61.6. The molecule has 42 nitrogen and oxygen atoms in total. The van der Waals surface area contributed by atoms with Gasteiger partial charge in [0.2, 0.25) is 23.5 Å². The van der Waals surface area contributed by atoms with Crippen molar-refractivity contribution in [2.75, 3.05) is 0 Å². The summed E-state index contributed by atoms with van der Waals surface area (Å²) >= 11 is 0. The van der Waals surface area contributed by atoms with Crippen LogP contribution in [0, 0.1) is 50.1 Å². The van der Waals surface area contributed by atoms with Crippen LogP contribution in [0.2, 0.25) is 0 Å². The number of rotatable bonds is 20. The molecule has 0 aliphatic carbocycles. The Balaban J connectivity index is 0.000000158. The molecule has 0 aliphatic heterocycles. The fraction of sp³-hybridized carbons (Fsp3) is 0.114. The van der Waals surface area contributed by atoms with Crippen LogP contribution in [0.5, 0.6) is 23.5 Å². The topological polar surface area (TPSA) is 473 Å². The molecule has 0 saturated heterocycles. The van der Waals surface area contributed by atoms with E-state index in [0.29, 0.717) is 30.2 Å². The Morgan fingerprint density at radius 2 is 0.636 bits per heavy atom. The molecule has 0 saturated carbocycles. The molecule has 0 aliphatic rings. The van der Waals surface area contributed by atoms with Crippen LogP contribution in [0.25, 0.3) is 69.8 Å². The molecule has 53 heteroatoms. The van der Waals surface area contributed by atoms with Crippen molar-refractivity contribution in [2.24, 2.45) is 0 Å². The van der Waals surface area contributed by atoms with E-state index >= 15 is 0 Å². The van der Waals surface area contributed by atoms with E-state index in [1.54, 1.807) is 49.3 Å². The van der Waals surface area contributed by atoms with Crippen LogP contribution < -0.4 is 19.7 Å². The van der Waals surface area contributed by atoms with Crippen molar-refractivity contribution in [3.8, 4) is 93.4 Å². The number of benzene rings is 2. The van der Waals surface area contributed by atoms with E-state index in [1.165, 1.54) is 115 Å². The first-order valence-corrected chi connectivity index (χ1v) is 36.8. The van der Waals surface area contributed by atoms with Gasteiger partial charge >= 0.3 is 118 Å². The van der Waals surface area contributed by atoms with Crippen LogP contribution in [0.1, 0.15) is 73.0 Å². The van der Waals surface area contributed by atoms with Gasteiger partial charge < -0.3 is 87.9 Å². The number of nitrogens with zero attached hydrogens (tertiary/aromatic N) is 40. The standard InChI is InChI=1S/C21H18N4.C18H8F6N6O.C15H12N10.C13H8N10.C12H6N10O.5Pt/c1-21(2,17-7-3-9-19(15-17)24-13-5-11-22-24)18-8-4-10-20(16-18)25-14-6-12-23-25;19-17(20,21)13-7-11(27-29-13)9-3-1-5-15(25-9)31-16-6-2-4-10(26-16)12-8-14(30-28-12)18(22,23)24;1-15(2,11-3-5-18-13(22-11)24-9-16-7-20-24)12-4-6-19-14(23-12)25-10-17-8-21-25;1-3-16-12(22-8-14-6-18-22)20-10(1)5-11-2-4-17-13(21-11)23-9-15-7-19-23;1-3-15-11(21-7-13-5-17-21)19-9(1)23-10-2-4-16-12(20-10)22-8-14-6-18-22;;;;;/h3-14H,1-2H3;1-8H;3-8H,1-2H3;1-4,6-7H,5H2;1-6H;;;;;/q5*-2;5*+2. The molecular formula is C79H52F6N40O2Pt5. The van der Waals surface area contributed by atoms with E-state index in [0.717, 1.165) is 57.4 Å². The zero-order valence-corrected chi connectivity index (χ0v) is 78.6. The number of hydrogen-bond acceptors (Lipinski definition) is 32. The van der Waals surface area contributed by atoms with Gasteiger partial charge in [-0.2, -0.15) is 84.1 Å². The zero-order chi connectivity index (χ0) is 87.8. The maximum atomic E-state index is 12.7. The zero-order valence-electron chi connectivity index (χ0n) is 67.2. The fourth-order valence-electron chi connectivity index (χ4n) is 11.2. The minimum Gasteiger partial charge on any atom is -0.573 e. The van der Waals surface area contributed by atoms with Crippen LogP contribution in [-0.2, 0) is 135 Å². The summed E-state index contributed by atoms with van der Waals surface area (Å²) in [4.78, 5) is 81.9. The summed E-state index contributed by atoms with van der Waals surface area (Å²) in [7, 11) is 0. The van der Waals surface area contributed by atoms with Gasteiger partial charge in [-0.15, -0.1) is 12.1 Å². The number of halogens is 6. The molecule has 0 unspecified atom stereocenters. The molecular weight excluding hydrogens is 2630 g/mol. The van der Waals surface area contributed by atoms with Crippen molar-refractivity contribution < 1.29 is 141 Å². The van der Waals surface area contributed by atoms with Gasteiger partial charge in [0.1, 0.15) is 35.2 Å². The molecule has 20 aromatic rings. The summed E-state index contributed by atoms with van der Waals surface area (Å²) in [5.74, 6) is 2.66. The minimum absolute atomic E-state index is 0. The minimum atomic E-state index is -4.64. The van der Waals surface area contributed by atoms with E-state index in [9.17, 15) is 26.3 Å². The van der Waals surface area contributed by atoms with Gasteiger partial charge in [-0.3, -0.25) is 59.2 Å². The average molecular weight is 2680 g/mol. The first kappa shape index (κ1) is 98.1. The molecule has 0 fully saturated rings. The maximum Gasteiger partial charge on any atom is 2.00 e. The summed E-state index contributed by atoms with van der Waals surface area (Å²) in [6, 6.07) is 43.7. The molecule has 0 amide bonds. The van der Waals surface area contributed by atoms with Crippen molar-refractivity contribution in [3.63, 3.8) is 0 Å². The second kappa shape index (κ2) is 44.7. The smallest absolute Gasteiger partial charge is 0.573 e. The number of alkyl halides is 6. The van der Waals surface area contributed by atoms with Crippen LogP contribution in [-0.4, -0.2) is 188 Å². The number of ether oxygens (including phenoxy) is 2. The van der Waals surface area contributed by atoms with Crippen LogP contribution in [0.3, 0.4) is 0 Å². The summed E-state index contributed by atoms with van der Waals surface area (Å²) in [5.41, 5.74) is 4.04. The molecule has 132 heavy (non-hydrogen) atoms. The Labute approximate surface area is 812 Å². The van der Waals surface area contributed by atoms with Crippen LogP contribution >= 0.6 is 0 Å². The van der Waals surface area contributed by atoms with E-state index in [4.69, 9.17) is 9.47 Å². The summed E-state index contributed by atoms with van der Waals surface area (Å²) in [6.07, 6.45) is 32.4. The van der Waals surface area contributed by atoms with Crippen LogP contribution in [0.4, 0.5) is 26.3 Å². The van der Waals surface area contributed by atoms with Gasteiger partial charge in [0.25, 0.3) is 0 Å². The molecule has 18 heterocycles. The SMILES string of the molecule is CC(C)(c1[c-]c(-n2cccn2)ccc1)c1[c-]c(-n2cccn2)ccc1.CC(C)(c1ccnc(-n2[c-]ncn2)n1)c1ccnc(-n2[c-]ncn2)n1.FC(F)(F)c1cc(-c2cccc(Oc3cccc(-c4cc(C(F)(F)F)n[n-]4)n3)n2)[n-]n1.[Pt+2].[Pt+2].[Pt+2].[Pt+2].[Pt+2].[c-]1ncnn1-c1nccc(Cc2ccnc(-n3[c-]ncn3)n2)n1.[c-]1ncnn1-c1nccc(Oc2ccnc(-n3[c-]ncn3)n2)n1.